The summed E-state index contributed by atoms with van der Waals surface area (Å²) in [6.07, 6.45) is 3.79. The number of rotatable bonds is 4. The Hall–Kier alpha value is -1.81. The standard InChI is InChI=1S/C12H11ClN2O2/c13-11-10(5-8-17-11)12(16)15-7-4-9-3-1-2-6-14-9/h1-3,5-6,8H,4,7H2,(H,15,16). The van der Waals surface area contributed by atoms with Gasteiger partial charge in [-0.3, -0.25) is 9.78 Å². The van der Waals surface area contributed by atoms with Crippen molar-refractivity contribution in [2.45, 2.75) is 6.42 Å². The van der Waals surface area contributed by atoms with Gasteiger partial charge >= 0.3 is 0 Å². The molecule has 0 fully saturated rings. The van der Waals surface area contributed by atoms with Gasteiger partial charge in [0.05, 0.1) is 11.8 Å². The number of carbonyl (C=O) groups is 1. The van der Waals surface area contributed by atoms with Crippen LogP contribution in [0.4, 0.5) is 0 Å². The van der Waals surface area contributed by atoms with Crippen LogP contribution in [0.5, 0.6) is 0 Å². The van der Waals surface area contributed by atoms with E-state index in [1.165, 1.54) is 6.26 Å². The van der Waals surface area contributed by atoms with Crippen LogP contribution in [0.25, 0.3) is 0 Å². The Kier molecular flexibility index (Phi) is 3.77. The van der Waals surface area contributed by atoms with E-state index in [1.807, 2.05) is 18.2 Å². The van der Waals surface area contributed by atoms with Crippen molar-refractivity contribution < 1.29 is 9.21 Å². The molecule has 0 bridgehead atoms. The zero-order valence-electron chi connectivity index (χ0n) is 9.02. The highest BCUT2D eigenvalue weighted by molar-refractivity contribution is 6.32. The largest absolute Gasteiger partial charge is 0.452 e. The minimum absolute atomic E-state index is 0.111. The summed E-state index contributed by atoms with van der Waals surface area (Å²) in [5, 5.41) is 2.86. The summed E-state index contributed by atoms with van der Waals surface area (Å²) in [5.41, 5.74) is 1.29. The summed E-state index contributed by atoms with van der Waals surface area (Å²) in [7, 11) is 0. The molecule has 88 valence electrons. The number of furan rings is 1. The van der Waals surface area contributed by atoms with Crippen LogP contribution in [0, 0.1) is 0 Å². The lowest BCUT2D eigenvalue weighted by Gasteiger charge is -2.03. The van der Waals surface area contributed by atoms with E-state index < -0.39 is 0 Å². The van der Waals surface area contributed by atoms with Gasteiger partial charge in [0.1, 0.15) is 0 Å². The summed E-state index contributed by atoms with van der Waals surface area (Å²) in [4.78, 5) is 15.8. The summed E-state index contributed by atoms with van der Waals surface area (Å²) in [6.45, 7) is 0.511. The molecule has 0 aliphatic rings. The van der Waals surface area contributed by atoms with Crippen molar-refractivity contribution in [3.05, 3.63) is 53.2 Å². The molecule has 1 N–H and O–H groups in total. The normalized spacial score (nSPS) is 10.2. The average molecular weight is 251 g/mol. The Balaban J connectivity index is 1.84. The monoisotopic (exact) mass is 250 g/mol. The van der Waals surface area contributed by atoms with Crippen LogP contribution in [0.2, 0.25) is 5.22 Å². The Labute approximate surface area is 104 Å². The first-order valence-corrected chi connectivity index (χ1v) is 5.56. The van der Waals surface area contributed by atoms with Crippen LogP contribution < -0.4 is 5.32 Å². The van der Waals surface area contributed by atoms with Crippen molar-refractivity contribution in [3.63, 3.8) is 0 Å². The van der Waals surface area contributed by atoms with Crippen LogP contribution in [0.15, 0.2) is 41.1 Å². The maximum atomic E-state index is 11.6. The molecule has 2 aromatic rings. The first-order valence-electron chi connectivity index (χ1n) is 5.18. The molecule has 0 atom stereocenters. The lowest BCUT2D eigenvalue weighted by atomic mass is 10.2. The summed E-state index contributed by atoms with van der Waals surface area (Å²) < 4.78 is 4.84. The second-order valence-electron chi connectivity index (χ2n) is 3.43. The Morgan fingerprint density at radius 1 is 1.41 bits per heavy atom. The third-order valence-electron chi connectivity index (χ3n) is 2.26. The highest BCUT2D eigenvalue weighted by atomic mass is 35.5. The summed E-state index contributed by atoms with van der Waals surface area (Å²) in [5.74, 6) is -0.236. The van der Waals surface area contributed by atoms with E-state index in [2.05, 4.69) is 10.3 Å². The average Bonchev–Trinajstić information content (AvgIpc) is 2.77. The van der Waals surface area contributed by atoms with Crippen LogP contribution in [0.3, 0.4) is 0 Å². The van der Waals surface area contributed by atoms with Gasteiger partial charge in [-0.1, -0.05) is 6.07 Å². The Bertz CT molecular complexity index is 496. The van der Waals surface area contributed by atoms with E-state index in [-0.39, 0.29) is 11.1 Å². The van der Waals surface area contributed by atoms with Crippen molar-refractivity contribution >= 4 is 17.5 Å². The molecule has 17 heavy (non-hydrogen) atoms. The van der Waals surface area contributed by atoms with Gasteiger partial charge in [0.2, 0.25) is 5.22 Å². The van der Waals surface area contributed by atoms with E-state index in [0.717, 1.165) is 5.69 Å². The number of nitrogens with one attached hydrogen (secondary N) is 1. The third-order valence-corrected chi connectivity index (χ3v) is 2.55. The number of hydrogen-bond donors (Lipinski definition) is 1. The number of hydrogen-bond acceptors (Lipinski definition) is 3. The Morgan fingerprint density at radius 3 is 2.94 bits per heavy atom. The molecule has 5 heteroatoms. The molecule has 0 saturated heterocycles. The highest BCUT2D eigenvalue weighted by Crippen LogP contribution is 2.15. The molecular weight excluding hydrogens is 240 g/mol. The summed E-state index contributed by atoms with van der Waals surface area (Å²) in [6, 6.07) is 7.22. The molecule has 0 aliphatic heterocycles. The van der Waals surface area contributed by atoms with Gasteiger partial charge in [0.15, 0.2) is 0 Å². The zero-order valence-corrected chi connectivity index (χ0v) is 9.78. The number of nitrogens with zero attached hydrogens (tertiary/aromatic N) is 1. The molecule has 0 saturated carbocycles. The minimum Gasteiger partial charge on any atom is -0.452 e. The highest BCUT2D eigenvalue weighted by Gasteiger charge is 2.11. The fourth-order valence-electron chi connectivity index (χ4n) is 1.40. The molecule has 4 nitrogen and oxygen atoms in total. The second-order valence-corrected chi connectivity index (χ2v) is 3.78. The number of amides is 1. The lowest BCUT2D eigenvalue weighted by Crippen LogP contribution is -2.25. The van der Waals surface area contributed by atoms with Crippen molar-refractivity contribution in [3.8, 4) is 0 Å². The maximum Gasteiger partial charge on any atom is 0.256 e. The van der Waals surface area contributed by atoms with Crippen molar-refractivity contribution in [2.75, 3.05) is 6.54 Å². The third kappa shape index (κ3) is 3.07. The van der Waals surface area contributed by atoms with Crippen LogP contribution in [0.1, 0.15) is 16.1 Å². The zero-order chi connectivity index (χ0) is 12.1. The SMILES string of the molecule is O=C(NCCc1ccccn1)c1ccoc1Cl. The first-order chi connectivity index (χ1) is 8.27. The maximum absolute atomic E-state index is 11.6. The molecule has 0 unspecified atom stereocenters. The predicted molar refractivity (Wildman–Crippen MR) is 64.0 cm³/mol. The topological polar surface area (TPSA) is 55.1 Å². The van der Waals surface area contributed by atoms with E-state index in [1.54, 1.807) is 12.3 Å². The molecule has 0 radical (unpaired) electrons. The number of aromatic nitrogens is 1. The quantitative estimate of drug-likeness (QED) is 0.906. The van der Waals surface area contributed by atoms with Gasteiger partial charge in [0.25, 0.3) is 5.91 Å². The fourth-order valence-corrected chi connectivity index (χ4v) is 1.60. The molecule has 0 spiro atoms. The first kappa shape index (κ1) is 11.7. The van der Waals surface area contributed by atoms with E-state index >= 15 is 0 Å². The molecular formula is C12H11ClN2O2. The minimum atomic E-state index is -0.236. The molecule has 0 aliphatic carbocycles. The van der Waals surface area contributed by atoms with Crippen LogP contribution >= 0.6 is 11.6 Å². The molecule has 2 rings (SSSR count). The molecule has 1 amide bonds. The van der Waals surface area contributed by atoms with Gasteiger partial charge in [-0.15, -0.1) is 0 Å². The van der Waals surface area contributed by atoms with Gasteiger partial charge in [0, 0.05) is 24.9 Å². The van der Waals surface area contributed by atoms with Gasteiger partial charge in [-0.25, -0.2) is 0 Å². The lowest BCUT2D eigenvalue weighted by molar-refractivity contribution is 0.0953. The fraction of sp³-hybridized carbons (Fsp3) is 0.167. The van der Waals surface area contributed by atoms with Gasteiger partial charge in [-0.2, -0.15) is 0 Å². The smallest absolute Gasteiger partial charge is 0.256 e. The molecule has 0 aromatic carbocycles. The molecule has 2 aromatic heterocycles. The van der Waals surface area contributed by atoms with Crippen LogP contribution in [-0.2, 0) is 6.42 Å². The van der Waals surface area contributed by atoms with E-state index in [9.17, 15) is 4.79 Å². The summed E-state index contributed by atoms with van der Waals surface area (Å²) >= 11 is 5.69. The molecule has 2 heterocycles. The second kappa shape index (κ2) is 5.50. The Morgan fingerprint density at radius 2 is 2.29 bits per heavy atom. The van der Waals surface area contributed by atoms with Gasteiger partial charge < -0.3 is 9.73 Å². The van der Waals surface area contributed by atoms with E-state index in [0.29, 0.717) is 18.5 Å². The van der Waals surface area contributed by atoms with Crippen LogP contribution in [-0.4, -0.2) is 17.4 Å². The van der Waals surface area contributed by atoms with Crippen molar-refractivity contribution in [1.29, 1.82) is 0 Å². The number of pyridine rings is 1. The van der Waals surface area contributed by atoms with Gasteiger partial charge in [-0.05, 0) is 29.8 Å². The number of halogens is 1. The van der Waals surface area contributed by atoms with Crippen molar-refractivity contribution in [1.82, 2.24) is 10.3 Å². The van der Waals surface area contributed by atoms with Crippen molar-refractivity contribution in [2.24, 2.45) is 0 Å². The predicted octanol–water partition coefficient (Wildman–Crippen LogP) is 2.30. The van der Waals surface area contributed by atoms with E-state index in [4.69, 9.17) is 16.0 Å². The number of carbonyl (C=O) groups excluding carboxylic acids is 1.